The van der Waals surface area contributed by atoms with Crippen LogP contribution in [0, 0.1) is 12.7 Å². The van der Waals surface area contributed by atoms with E-state index in [0.29, 0.717) is 17.1 Å². The van der Waals surface area contributed by atoms with Gasteiger partial charge in [-0.05, 0) is 44.0 Å². The van der Waals surface area contributed by atoms with Gasteiger partial charge in [0.1, 0.15) is 11.5 Å². The molecule has 0 saturated heterocycles. The van der Waals surface area contributed by atoms with Crippen molar-refractivity contribution in [1.82, 2.24) is 15.0 Å². The third-order valence-corrected chi connectivity index (χ3v) is 4.89. The predicted molar refractivity (Wildman–Crippen MR) is 96.7 cm³/mol. The molecule has 0 atom stereocenters. The summed E-state index contributed by atoms with van der Waals surface area (Å²) in [5.74, 6) is 0.312. The number of hydrogen-bond donors (Lipinski definition) is 0. The minimum Gasteiger partial charge on any atom is -0.250 e. The van der Waals surface area contributed by atoms with Gasteiger partial charge in [-0.2, -0.15) is 0 Å². The molecule has 4 heteroatoms. The maximum absolute atomic E-state index is 14.5. The van der Waals surface area contributed by atoms with E-state index in [-0.39, 0.29) is 11.2 Å². The zero-order valence-corrected chi connectivity index (χ0v) is 14.7. The van der Waals surface area contributed by atoms with Gasteiger partial charge in [-0.15, -0.1) is 0 Å². The summed E-state index contributed by atoms with van der Waals surface area (Å²) in [6, 6.07) is 12.6. The van der Waals surface area contributed by atoms with Gasteiger partial charge in [0, 0.05) is 22.2 Å². The molecule has 0 fully saturated rings. The summed E-state index contributed by atoms with van der Waals surface area (Å²) in [6.45, 7) is 6.31. The highest BCUT2D eigenvalue weighted by Gasteiger charge is 2.35. The molecule has 0 unspecified atom stereocenters. The molecule has 1 aliphatic rings. The highest BCUT2D eigenvalue weighted by molar-refractivity contribution is 5.69. The second kappa shape index (κ2) is 5.73. The number of rotatable bonds is 2. The molecular formula is C21H20FN3. The Balaban J connectivity index is 2.00. The number of aromatic nitrogens is 3. The molecule has 0 bridgehead atoms. The van der Waals surface area contributed by atoms with Crippen molar-refractivity contribution >= 4 is 0 Å². The SMILES string of the molecule is Cc1cccc(-c2nc(-c3ccccc3F)c3c(n2)C(C)(C)CC3)n1. The van der Waals surface area contributed by atoms with E-state index in [9.17, 15) is 4.39 Å². The molecule has 0 amide bonds. The summed E-state index contributed by atoms with van der Waals surface area (Å²) >= 11 is 0. The topological polar surface area (TPSA) is 38.7 Å². The molecule has 0 radical (unpaired) electrons. The molecule has 2 aromatic heterocycles. The van der Waals surface area contributed by atoms with Gasteiger partial charge in [0.15, 0.2) is 5.82 Å². The molecule has 126 valence electrons. The lowest BCUT2D eigenvalue weighted by Gasteiger charge is -2.19. The van der Waals surface area contributed by atoms with E-state index >= 15 is 0 Å². The molecule has 3 aromatic rings. The maximum Gasteiger partial charge on any atom is 0.179 e. The maximum atomic E-state index is 14.5. The van der Waals surface area contributed by atoms with E-state index in [1.54, 1.807) is 12.1 Å². The first-order valence-electron chi connectivity index (χ1n) is 8.56. The molecule has 0 N–H and O–H groups in total. The third-order valence-electron chi connectivity index (χ3n) is 4.89. The molecule has 0 saturated carbocycles. The lowest BCUT2D eigenvalue weighted by molar-refractivity contribution is 0.509. The van der Waals surface area contributed by atoms with E-state index in [0.717, 1.165) is 35.5 Å². The molecule has 0 spiro atoms. The average Bonchev–Trinajstić information content (AvgIpc) is 2.90. The highest BCUT2D eigenvalue weighted by atomic mass is 19.1. The van der Waals surface area contributed by atoms with Crippen LogP contribution >= 0.6 is 0 Å². The fourth-order valence-corrected chi connectivity index (χ4v) is 3.49. The van der Waals surface area contributed by atoms with Crippen LogP contribution in [0.15, 0.2) is 42.5 Å². The number of pyridine rings is 1. The minimum absolute atomic E-state index is 0.0448. The number of aryl methyl sites for hydroxylation is 1. The minimum atomic E-state index is -0.253. The molecule has 3 nitrogen and oxygen atoms in total. The normalized spacial score (nSPS) is 15.2. The summed E-state index contributed by atoms with van der Waals surface area (Å²) in [7, 11) is 0. The van der Waals surface area contributed by atoms with E-state index in [1.807, 2.05) is 31.2 Å². The second-order valence-corrected chi connectivity index (χ2v) is 7.25. The molecule has 0 aliphatic heterocycles. The average molecular weight is 333 g/mol. The molecule has 1 aromatic carbocycles. The van der Waals surface area contributed by atoms with Gasteiger partial charge >= 0.3 is 0 Å². The third kappa shape index (κ3) is 2.72. The fraction of sp³-hybridized carbons (Fsp3) is 0.286. The zero-order valence-electron chi connectivity index (χ0n) is 14.7. The zero-order chi connectivity index (χ0) is 17.6. The molecule has 4 rings (SSSR count). The highest BCUT2D eigenvalue weighted by Crippen LogP contribution is 2.42. The van der Waals surface area contributed by atoms with Crippen molar-refractivity contribution in [2.45, 2.75) is 39.0 Å². The number of halogens is 1. The van der Waals surface area contributed by atoms with Crippen molar-refractivity contribution in [3.8, 4) is 22.8 Å². The van der Waals surface area contributed by atoms with Crippen LogP contribution in [-0.4, -0.2) is 15.0 Å². The second-order valence-electron chi connectivity index (χ2n) is 7.25. The van der Waals surface area contributed by atoms with Crippen molar-refractivity contribution in [3.05, 3.63) is 65.2 Å². The summed E-state index contributed by atoms with van der Waals surface area (Å²) in [4.78, 5) is 14.1. The summed E-state index contributed by atoms with van der Waals surface area (Å²) < 4.78 is 14.5. The standard InChI is InChI=1S/C21H20FN3/c1-13-7-6-10-17(23-13)20-24-18(14-8-4-5-9-16(14)22)15-11-12-21(2,3)19(15)25-20/h4-10H,11-12H2,1-3H3. The molecule has 2 heterocycles. The summed E-state index contributed by atoms with van der Waals surface area (Å²) in [5, 5.41) is 0. The molecule has 25 heavy (non-hydrogen) atoms. The predicted octanol–water partition coefficient (Wildman–Crippen LogP) is 4.88. The van der Waals surface area contributed by atoms with Crippen LogP contribution in [0.4, 0.5) is 4.39 Å². The number of hydrogen-bond acceptors (Lipinski definition) is 3. The number of fused-ring (bicyclic) bond motifs is 1. The van der Waals surface area contributed by atoms with Gasteiger partial charge in [0.2, 0.25) is 0 Å². The van der Waals surface area contributed by atoms with Crippen LogP contribution in [0.1, 0.15) is 37.2 Å². The van der Waals surface area contributed by atoms with Gasteiger partial charge in [0.05, 0.1) is 11.4 Å². The fourth-order valence-electron chi connectivity index (χ4n) is 3.49. The van der Waals surface area contributed by atoms with Gasteiger partial charge in [-0.3, -0.25) is 0 Å². The van der Waals surface area contributed by atoms with Gasteiger partial charge in [-0.25, -0.2) is 19.3 Å². The van der Waals surface area contributed by atoms with E-state index in [4.69, 9.17) is 9.97 Å². The first kappa shape index (κ1) is 15.9. The summed E-state index contributed by atoms with van der Waals surface area (Å²) in [5.41, 5.74) is 4.90. The van der Waals surface area contributed by atoms with Crippen LogP contribution in [0.5, 0.6) is 0 Å². The molecule has 1 aliphatic carbocycles. The lowest BCUT2D eigenvalue weighted by Crippen LogP contribution is -2.15. The molecular weight excluding hydrogens is 313 g/mol. The first-order valence-corrected chi connectivity index (χ1v) is 8.56. The number of benzene rings is 1. The van der Waals surface area contributed by atoms with Gasteiger partial charge in [-0.1, -0.05) is 32.0 Å². The van der Waals surface area contributed by atoms with Crippen molar-refractivity contribution in [2.75, 3.05) is 0 Å². The van der Waals surface area contributed by atoms with Crippen LogP contribution in [0.2, 0.25) is 0 Å². The number of nitrogens with zero attached hydrogens (tertiary/aromatic N) is 3. The van der Waals surface area contributed by atoms with Crippen LogP contribution in [-0.2, 0) is 11.8 Å². The van der Waals surface area contributed by atoms with Crippen LogP contribution in [0.3, 0.4) is 0 Å². The Hall–Kier alpha value is -2.62. The Morgan fingerprint density at radius 1 is 0.960 bits per heavy atom. The van der Waals surface area contributed by atoms with Gasteiger partial charge < -0.3 is 0 Å². The van der Waals surface area contributed by atoms with Crippen molar-refractivity contribution in [3.63, 3.8) is 0 Å². The van der Waals surface area contributed by atoms with E-state index < -0.39 is 0 Å². The first-order chi connectivity index (χ1) is 12.0. The quantitative estimate of drug-likeness (QED) is 0.671. The van der Waals surface area contributed by atoms with Crippen molar-refractivity contribution < 1.29 is 4.39 Å². The largest absolute Gasteiger partial charge is 0.250 e. The Kier molecular flexibility index (Phi) is 3.64. The van der Waals surface area contributed by atoms with Crippen molar-refractivity contribution in [2.24, 2.45) is 0 Å². The Morgan fingerprint density at radius 2 is 1.76 bits per heavy atom. The lowest BCUT2D eigenvalue weighted by atomic mass is 9.90. The van der Waals surface area contributed by atoms with E-state index in [1.165, 1.54) is 6.07 Å². The Labute approximate surface area is 147 Å². The Bertz CT molecular complexity index is 963. The van der Waals surface area contributed by atoms with Crippen LogP contribution < -0.4 is 0 Å². The van der Waals surface area contributed by atoms with Crippen molar-refractivity contribution in [1.29, 1.82) is 0 Å². The summed E-state index contributed by atoms with van der Waals surface area (Å²) in [6.07, 6.45) is 1.86. The monoisotopic (exact) mass is 333 g/mol. The van der Waals surface area contributed by atoms with Crippen LogP contribution in [0.25, 0.3) is 22.8 Å². The van der Waals surface area contributed by atoms with E-state index in [2.05, 4.69) is 18.8 Å². The smallest absolute Gasteiger partial charge is 0.179 e. The van der Waals surface area contributed by atoms with Gasteiger partial charge in [0.25, 0.3) is 0 Å². The Morgan fingerprint density at radius 3 is 2.52 bits per heavy atom.